The summed E-state index contributed by atoms with van der Waals surface area (Å²) in [5.41, 5.74) is 1.62. The molecular formula is C19H17N5O2. The summed E-state index contributed by atoms with van der Waals surface area (Å²) in [5, 5.41) is 9.43. The molecule has 0 spiro atoms. The van der Waals surface area contributed by atoms with Gasteiger partial charge in [-0.05, 0) is 23.8 Å². The highest BCUT2D eigenvalue weighted by Gasteiger charge is 2.14. The van der Waals surface area contributed by atoms with Crippen LogP contribution in [-0.4, -0.2) is 26.6 Å². The van der Waals surface area contributed by atoms with Crippen LogP contribution in [0, 0.1) is 0 Å². The Hall–Kier alpha value is -3.74. The molecule has 26 heavy (non-hydrogen) atoms. The number of hydrogen-bond donors (Lipinski definition) is 2. The van der Waals surface area contributed by atoms with Crippen LogP contribution in [0.5, 0.6) is 0 Å². The van der Waals surface area contributed by atoms with E-state index in [1.165, 1.54) is 17.7 Å². The molecule has 7 nitrogen and oxygen atoms in total. The Balaban J connectivity index is 1.83. The van der Waals surface area contributed by atoms with Crippen molar-refractivity contribution in [2.75, 3.05) is 10.6 Å². The molecule has 7 heteroatoms. The summed E-state index contributed by atoms with van der Waals surface area (Å²) in [4.78, 5) is 27.7. The number of aromatic nitrogens is 3. The van der Waals surface area contributed by atoms with Gasteiger partial charge in [0.25, 0.3) is 11.9 Å². The lowest BCUT2D eigenvalue weighted by atomic mass is 10.2. The third-order valence-corrected chi connectivity index (χ3v) is 3.36. The molecule has 0 saturated heterocycles. The maximum absolute atomic E-state index is 12.2. The molecule has 0 unspecified atom stereocenters. The Morgan fingerprint density at radius 1 is 0.962 bits per heavy atom. The molecule has 1 aromatic heterocycles. The fourth-order valence-electron chi connectivity index (χ4n) is 2.24. The summed E-state index contributed by atoms with van der Waals surface area (Å²) in [6, 6.07) is 18.7. The van der Waals surface area contributed by atoms with Crippen LogP contribution in [-0.2, 0) is 9.59 Å². The molecule has 0 bridgehead atoms. The topological polar surface area (TPSA) is 88.9 Å². The number of nitrogens with zero attached hydrogens (tertiary/aromatic N) is 3. The smallest absolute Gasteiger partial charge is 0.251 e. The molecule has 2 amide bonds. The van der Waals surface area contributed by atoms with Gasteiger partial charge in [0.1, 0.15) is 0 Å². The number of hydrogen-bond acceptors (Lipinski definition) is 4. The van der Waals surface area contributed by atoms with Crippen LogP contribution in [0.2, 0.25) is 0 Å². The molecule has 2 aromatic carbocycles. The Morgan fingerprint density at radius 3 is 2.27 bits per heavy atom. The predicted octanol–water partition coefficient (Wildman–Crippen LogP) is 2.88. The Kier molecular flexibility index (Phi) is 5.19. The van der Waals surface area contributed by atoms with Crippen molar-refractivity contribution in [1.29, 1.82) is 0 Å². The van der Waals surface area contributed by atoms with Crippen molar-refractivity contribution < 1.29 is 9.59 Å². The lowest BCUT2D eigenvalue weighted by Gasteiger charge is -2.05. The molecule has 0 atom stereocenters. The summed E-state index contributed by atoms with van der Waals surface area (Å²) < 4.78 is 1.46. The SMILES string of the molecule is CC(=O)Nc1nc(NC(=O)C=Cc2ccccc2)n(-c2ccccc2)n1. The first-order valence-electron chi connectivity index (χ1n) is 7.96. The van der Waals surface area contributed by atoms with Gasteiger partial charge in [0.15, 0.2) is 0 Å². The molecule has 3 aromatic rings. The molecule has 0 fully saturated rings. The van der Waals surface area contributed by atoms with Crippen LogP contribution >= 0.6 is 0 Å². The highest BCUT2D eigenvalue weighted by Crippen LogP contribution is 2.16. The normalized spacial score (nSPS) is 10.7. The minimum Gasteiger partial charge on any atom is -0.293 e. The molecule has 0 aliphatic heterocycles. The van der Waals surface area contributed by atoms with Gasteiger partial charge in [-0.1, -0.05) is 48.5 Å². The molecular weight excluding hydrogens is 330 g/mol. The van der Waals surface area contributed by atoms with E-state index in [0.29, 0.717) is 5.69 Å². The minimum atomic E-state index is -0.354. The Bertz CT molecular complexity index is 933. The van der Waals surface area contributed by atoms with E-state index in [-0.39, 0.29) is 23.7 Å². The number of anilines is 2. The third-order valence-electron chi connectivity index (χ3n) is 3.36. The average molecular weight is 347 g/mol. The predicted molar refractivity (Wildman–Crippen MR) is 99.8 cm³/mol. The van der Waals surface area contributed by atoms with Gasteiger partial charge >= 0.3 is 0 Å². The highest BCUT2D eigenvalue weighted by atomic mass is 16.2. The van der Waals surface area contributed by atoms with Crippen LogP contribution in [0.1, 0.15) is 12.5 Å². The van der Waals surface area contributed by atoms with Gasteiger partial charge < -0.3 is 0 Å². The van der Waals surface area contributed by atoms with Gasteiger partial charge in [-0.25, -0.2) is 0 Å². The Labute approximate surface area is 150 Å². The van der Waals surface area contributed by atoms with E-state index in [1.54, 1.807) is 6.08 Å². The van der Waals surface area contributed by atoms with Crippen LogP contribution in [0.25, 0.3) is 11.8 Å². The number of rotatable bonds is 5. The molecule has 2 N–H and O–H groups in total. The quantitative estimate of drug-likeness (QED) is 0.695. The molecule has 1 heterocycles. The van der Waals surface area contributed by atoms with Gasteiger partial charge in [0.2, 0.25) is 11.9 Å². The van der Waals surface area contributed by atoms with E-state index in [0.717, 1.165) is 5.56 Å². The van der Waals surface area contributed by atoms with Crippen molar-refractivity contribution in [3.63, 3.8) is 0 Å². The van der Waals surface area contributed by atoms with E-state index in [9.17, 15) is 9.59 Å². The van der Waals surface area contributed by atoms with Gasteiger partial charge in [-0.15, -0.1) is 5.10 Å². The standard InChI is InChI=1S/C19H17N5O2/c1-14(25)20-18-22-19(24(23-18)16-10-6-3-7-11-16)21-17(26)13-12-15-8-4-2-5-9-15/h2-13H,1H3,(H2,20,21,22,23,25,26). The lowest BCUT2D eigenvalue weighted by Crippen LogP contribution is -2.13. The van der Waals surface area contributed by atoms with Crippen LogP contribution in [0.3, 0.4) is 0 Å². The number of carbonyl (C=O) groups is 2. The van der Waals surface area contributed by atoms with Crippen LogP contribution in [0.4, 0.5) is 11.9 Å². The summed E-state index contributed by atoms with van der Waals surface area (Å²) in [5.74, 6) is -0.323. The van der Waals surface area contributed by atoms with Gasteiger partial charge in [0.05, 0.1) is 5.69 Å². The molecule has 3 rings (SSSR count). The average Bonchev–Trinajstić information content (AvgIpc) is 3.03. The van der Waals surface area contributed by atoms with Gasteiger partial charge in [0, 0.05) is 13.0 Å². The van der Waals surface area contributed by atoms with Crippen molar-refractivity contribution in [2.45, 2.75) is 6.92 Å². The summed E-state index contributed by atoms with van der Waals surface area (Å²) in [7, 11) is 0. The molecule has 130 valence electrons. The fraction of sp³-hybridized carbons (Fsp3) is 0.0526. The van der Waals surface area contributed by atoms with Crippen molar-refractivity contribution in [3.8, 4) is 5.69 Å². The number of carbonyl (C=O) groups excluding carboxylic acids is 2. The molecule has 0 aliphatic rings. The zero-order valence-corrected chi connectivity index (χ0v) is 14.1. The molecule has 0 aliphatic carbocycles. The van der Waals surface area contributed by atoms with Crippen LogP contribution < -0.4 is 10.6 Å². The molecule has 0 saturated carbocycles. The van der Waals surface area contributed by atoms with Crippen molar-refractivity contribution in [2.24, 2.45) is 0 Å². The Morgan fingerprint density at radius 2 is 1.62 bits per heavy atom. The van der Waals surface area contributed by atoms with Gasteiger partial charge in [-0.3, -0.25) is 20.2 Å². The largest absolute Gasteiger partial charge is 0.293 e. The highest BCUT2D eigenvalue weighted by molar-refractivity contribution is 6.01. The zero-order valence-electron chi connectivity index (χ0n) is 14.1. The first-order valence-corrected chi connectivity index (χ1v) is 7.96. The maximum atomic E-state index is 12.2. The first-order chi connectivity index (χ1) is 12.6. The summed E-state index contributed by atoms with van der Waals surface area (Å²) in [6.07, 6.45) is 3.12. The second kappa shape index (κ2) is 7.89. The monoisotopic (exact) mass is 347 g/mol. The van der Waals surface area contributed by atoms with E-state index >= 15 is 0 Å². The van der Waals surface area contributed by atoms with Crippen molar-refractivity contribution in [3.05, 3.63) is 72.3 Å². The van der Waals surface area contributed by atoms with E-state index in [2.05, 4.69) is 20.7 Å². The van der Waals surface area contributed by atoms with E-state index in [4.69, 9.17) is 0 Å². The van der Waals surface area contributed by atoms with Gasteiger partial charge in [-0.2, -0.15) is 9.67 Å². The summed E-state index contributed by atoms with van der Waals surface area (Å²) >= 11 is 0. The molecule has 0 radical (unpaired) electrons. The van der Waals surface area contributed by atoms with Crippen molar-refractivity contribution in [1.82, 2.24) is 14.8 Å². The fourth-order valence-corrected chi connectivity index (χ4v) is 2.24. The second-order valence-electron chi connectivity index (χ2n) is 5.42. The number of para-hydroxylation sites is 1. The lowest BCUT2D eigenvalue weighted by molar-refractivity contribution is -0.114. The number of benzene rings is 2. The van der Waals surface area contributed by atoms with E-state index < -0.39 is 0 Å². The number of amides is 2. The summed E-state index contributed by atoms with van der Waals surface area (Å²) in [6.45, 7) is 1.37. The second-order valence-corrected chi connectivity index (χ2v) is 5.42. The number of nitrogens with one attached hydrogen (secondary N) is 2. The maximum Gasteiger partial charge on any atom is 0.251 e. The zero-order chi connectivity index (χ0) is 18.4. The van der Waals surface area contributed by atoms with Crippen LogP contribution in [0.15, 0.2) is 66.7 Å². The third kappa shape index (κ3) is 4.41. The van der Waals surface area contributed by atoms with E-state index in [1.807, 2.05) is 60.7 Å². The minimum absolute atomic E-state index is 0.115. The first kappa shape index (κ1) is 17.1. The van der Waals surface area contributed by atoms with Crippen molar-refractivity contribution >= 4 is 29.8 Å².